The lowest BCUT2D eigenvalue weighted by molar-refractivity contribution is -0.131. The number of carbonyl (C=O) groups is 3. The minimum atomic E-state index is -0.764. The van der Waals surface area contributed by atoms with Crippen LogP contribution in [0, 0.1) is 0 Å². The van der Waals surface area contributed by atoms with Gasteiger partial charge in [0.1, 0.15) is 11.3 Å². The first kappa shape index (κ1) is 14.0. The van der Waals surface area contributed by atoms with Gasteiger partial charge in [0.05, 0.1) is 13.7 Å². The second-order valence-electron chi connectivity index (χ2n) is 4.96. The molecule has 2 fully saturated rings. The van der Waals surface area contributed by atoms with E-state index in [0.29, 0.717) is 17.9 Å². The summed E-state index contributed by atoms with van der Waals surface area (Å²) in [6, 6.07) is 2.60. The Bertz CT molecular complexity index is 605. The van der Waals surface area contributed by atoms with Crippen LogP contribution in [0.5, 0.6) is 0 Å². The highest BCUT2D eigenvalue weighted by atomic mass is 32.2. The minimum absolute atomic E-state index is 0.00801. The Morgan fingerprint density at radius 1 is 1.52 bits per heavy atom. The van der Waals surface area contributed by atoms with E-state index in [1.807, 2.05) is 0 Å². The van der Waals surface area contributed by atoms with Gasteiger partial charge >= 0.3 is 12.0 Å². The third-order valence-electron chi connectivity index (χ3n) is 3.63. The zero-order valence-corrected chi connectivity index (χ0v) is 12.2. The summed E-state index contributed by atoms with van der Waals surface area (Å²) in [7, 11) is 1.25. The number of ether oxygens (including phenoxy) is 1. The van der Waals surface area contributed by atoms with Crippen molar-refractivity contribution in [2.45, 2.75) is 18.5 Å². The molecule has 0 aliphatic carbocycles. The third-order valence-corrected chi connectivity index (χ3v) is 4.82. The van der Waals surface area contributed by atoms with Crippen molar-refractivity contribution >= 4 is 29.7 Å². The van der Waals surface area contributed by atoms with Gasteiger partial charge in [0.25, 0.3) is 5.91 Å². The maximum atomic E-state index is 12.4. The second-order valence-corrected chi connectivity index (χ2v) is 6.07. The largest absolute Gasteiger partial charge is 0.463 e. The maximum absolute atomic E-state index is 12.4. The molecule has 0 unspecified atom stereocenters. The molecule has 21 heavy (non-hydrogen) atoms. The number of nitrogens with one attached hydrogen (secondary N) is 1. The normalized spacial score (nSPS) is 24.7. The highest BCUT2D eigenvalue weighted by Gasteiger charge is 2.52. The minimum Gasteiger partial charge on any atom is -0.463 e. The summed E-state index contributed by atoms with van der Waals surface area (Å²) < 4.78 is 9.84. The van der Waals surface area contributed by atoms with E-state index in [1.54, 1.807) is 17.8 Å². The van der Waals surface area contributed by atoms with E-state index >= 15 is 0 Å². The van der Waals surface area contributed by atoms with Crippen LogP contribution < -0.4 is 5.32 Å². The summed E-state index contributed by atoms with van der Waals surface area (Å²) in [5, 5.41) is 2.77. The van der Waals surface area contributed by atoms with Crippen molar-refractivity contribution in [2.24, 2.45) is 0 Å². The average Bonchev–Trinajstić information content (AvgIpc) is 3.17. The number of hydrogen-bond donors (Lipinski definition) is 1. The molecule has 1 atom stereocenters. The number of hydrogen-bond acceptors (Lipinski definition) is 6. The summed E-state index contributed by atoms with van der Waals surface area (Å²) >= 11 is 1.65. The van der Waals surface area contributed by atoms with Crippen LogP contribution in [0.4, 0.5) is 4.79 Å². The van der Waals surface area contributed by atoms with Gasteiger partial charge in [0.2, 0.25) is 5.76 Å². The number of nitrogens with zero attached hydrogens (tertiary/aromatic N) is 1. The summed E-state index contributed by atoms with van der Waals surface area (Å²) in [4.78, 5) is 36.9. The topological polar surface area (TPSA) is 88.9 Å². The molecule has 8 heteroatoms. The van der Waals surface area contributed by atoms with Gasteiger partial charge in [0.15, 0.2) is 0 Å². The molecule has 3 heterocycles. The fraction of sp³-hybridized carbons (Fsp3) is 0.462. The SMILES string of the molecule is COC(=O)c1ccc(CN2C(=O)N[C@@]3(CCSC3)C2=O)o1. The Kier molecular flexibility index (Phi) is 3.40. The van der Waals surface area contributed by atoms with E-state index in [0.717, 1.165) is 10.7 Å². The van der Waals surface area contributed by atoms with Gasteiger partial charge in [-0.2, -0.15) is 11.8 Å². The van der Waals surface area contributed by atoms with Crippen LogP contribution in [-0.2, 0) is 16.1 Å². The molecule has 2 aliphatic heterocycles. The lowest BCUT2D eigenvalue weighted by Gasteiger charge is -2.18. The Morgan fingerprint density at radius 3 is 3.00 bits per heavy atom. The third kappa shape index (κ3) is 2.29. The van der Waals surface area contributed by atoms with Gasteiger partial charge < -0.3 is 14.5 Å². The van der Waals surface area contributed by atoms with Crippen LogP contribution in [0.2, 0.25) is 0 Å². The van der Waals surface area contributed by atoms with Crippen molar-refractivity contribution in [3.05, 3.63) is 23.7 Å². The van der Waals surface area contributed by atoms with E-state index < -0.39 is 17.5 Å². The number of amides is 3. The van der Waals surface area contributed by atoms with Crippen molar-refractivity contribution in [2.75, 3.05) is 18.6 Å². The van der Waals surface area contributed by atoms with E-state index in [4.69, 9.17) is 4.42 Å². The maximum Gasteiger partial charge on any atom is 0.373 e. The van der Waals surface area contributed by atoms with Crippen LogP contribution in [-0.4, -0.2) is 47.0 Å². The molecule has 3 amide bonds. The zero-order chi connectivity index (χ0) is 15.0. The Balaban J connectivity index is 1.76. The standard InChI is InChI=1S/C13H14N2O5S/c1-19-10(16)9-3-2-8(20-9)6-15-11(17)13(14-12(15)18)4-5-21-7-13/h2-3H,4-7H2,1H3,(H,14,18)/t13-/m1/s1. The van der Waals surface area contributed by atoms with Crippen LogP contribution in [0.1, 0.15) is 22.7 Å². The van der Waals surface area contributed by atoms with Crippen molar-refractivity contribution in [3.8, 4) is 0 Å². The number of methoxy groups -OCH3 is 1. The zero-order valence-electron chi connectivity index (χ0n) is 11.4. The van der Waals surface area contributed by atoms with Gasteiger partial charge in [-0.3, -0.25) is 9.69 Å². The summed E-state index contributed by atoms with van der Waals surface area (Å²) in [5.41, 5.74) is -0.764. The van der Waals surface area contributed by atoms with Crippen molar-refractivity contribution in [3.63, 3.8) is 0 Å². The Morgan fingerprint density at radius 2 is 2.33 bits per heavy atom. The van der Waals surface area contributed by atoms with Crippen molar-refractivity contribution < 1.29 is 23.5 Å². The molecule has 3 rings (SSSR count). The molecular weight excluding hydrogens is 296 g/mol. The molecule has 112 valence electrons. The molecule has 1 spiro atoms. The van der Waals surface area contributed by atoms with Crippen LogP contribution in [0.15, 0.2) is 16.5 Å². The number of imide groups is 1. The molecule has 0 radical (unpaired) electrons. The van der Waals surface area contributed by atoms with Crippen molar-refractivity contribution in [1.82, 2.24) is 10.2 Å². The number of thioether (sulfide) groups is 1. The van der Waals surface area contributed by atoms with Gasteiger partial charge in [-0.15, -0.1) is 0 Å². The Labute approximate surface area is 125 Å². The summed E-state index contributed by atoms with van der Waals surface area (Å²) in [6.07, 6.45) is 0.643. The molecule has 0 bridgehead atoms. The fourth-order valence-corrected chi connectivity index (χ4v) is 3.81. The quantitative estimate of drug-likeness (QED) is 0.661. The average molecular weight is 310 g/mol. The van der Waals surface area contributed by atoms with Gasteiger partial charge in [-0.1, -0.05) is 0 Å². The molecule has 0 aromatic carbocycles. The van der Waals surface area contributed by atoms with E-state index in [2.05, 4.69) is 10.1 Å². The first-order valence-corrected chi connectivity index (χ1v) is 7.60. The predicted octanol–water partition coefficient (Wildman–Crippen LogP) is 0.994. The highest BCUT2D eigenvalue weighted by molar-refractivity contribution is 7.99. The number of esters is 1. The first-order valence-electron chi connectivity index (χ1n) is 6.45. The molecule has 0 saturated carbocycles. The second kappa shape index (κ2) is 5.10. The first-order chi connectivity index (χ1) is 10.1. The molecular formula is C13H14N2O5S. The summed E-state index contributed by atoms with van der Waals surface area (Å²) in [5.74, 6) is 1.04. The van der Waals surface area contributed by atoms with Gasteiger partial charge in [0, 0.05) is 5.75 Å². The molecule has 7 nitrogen and oxygen atoms in total. The molecule has 1 N–H and O–H groups in total. The number of rotatable bonds is 3. The molecule has 1 aromatic heterocycles. The van der Waals surface area contributed by atoms with E-state index in [9.17, 15) is 14.4 Å². The van der Waals surface area contributed by atoms with Crippen molar-refractivity contribution in [1.29, 1.82) is 0 Å². The Hall–Kier alpha value is -1.96. The number of urea groups is 1. The van der Waals surface area contributed by atoms with E-state index in [-0.39, 0.29) is 18.2 Å². The van der Waals surface area contributed by atoms with Gasteiger partial charge in [-0.25, -0.2) is 9.59 Å². The molecule has 2 aliphatic rings. The van der Waals surface area contributed by atoms with E-state index in [1.165, 1.54) is 13.2 Å². The molecule has 2 saturated heterocycles. The number of carbonyl (C=O) groups excluding carboxylic acids is 3. The monoisotopic (exact) mass is 310 g/mol. The molecule has 1 aromatic rings. The number of furan rings is 1. The lowest BCUT2D eigenvalue weighted by Crippen LogP contribution is -2.46. The highest BCUT2D eigenvalue weighted by Crippen LogP contribution is 2.34. The fourth-order valence-electron chi connectivity index (χ4n) is 2.48. The van der Waals surface area contributed by atoms with Crippen LogP contribution >= 0.6 is 11.8 Å². The van der Waals surface area contributed by atoms with Crippen LogP contribution in [0.3, 0.4) is 0 Å². The van der Waals surface area contributed by atoms with Crippen LogP contribution in [0.25, 0.3) is 0 Å². The summed E-state index contributed by atoms with van der Waals surface area (Å²) in [6.45, 7) is 0.00801. The smallest absolute Gasteiger partial charge is 0.373 e. The predicted molar refractivity (Wildman–Crippen MR) is 73.8 cm³/mol. The van der Waals surface area contributed by atoms with Gasteiger partial charge in [-0.05, 0) is 24.3 Å². The lowest BCUT2D eigenvalue weighted by atomic mass is 9.99.